The summed E-state index contributed by atoms with van der Waals surface area (Å²) in [5.74, 6) is 1.11. The third kappa shape index (κ3) is 4.48. The molecule has 4 atom stereocenters. The molecule has 1 saturated carbocycles. The Kier molecular flexibility index (Phi) is 7.38. The van der Waals surface area contributed by atoms with Crippen LogP contribution in [-0.4, -0.2) is 54.0 Å². The van der Waals surface area contributed by atoms with Gasteiger partial charge in [0.25, 0.3) is 0 Å². The van der Waals surface area contributed by atoms with Crippen molar-refractivity contribution in [2.45, 2.75) is 19.8 Å². The van der Waals surface area contributed by atoms with E-state index >= 15 is 0 Å². The number of carbonyl (C=O) groups excluding carboxylic acids is 2. The maximum atomic E-state index is 12.7. The van der Waals surface area contributed by atoms with Gasteiger partial charge in [-0.25, -0.2) is 0 Å². The highest BCUT2D eigenvalue weighted by atomic mass is 127. The van der Waals surface area contributed by atoms with Crippen molar-refractivity contribution < 1.29 is 14.7 Å². The summed E-state index contributed by atoms with van der Waals surface area (Å²) in [5, 5.41) is 15.9. The monoisotopic (exact) mass is 524 g/mol. The first-order chi connectivity index (χ1) is 14.1. The zero-order valence-electron chi connectivity index (χ0n) is 17.1. The van der Waals surface area contributed by atoms with Crippen LogP contribution in [0, 0.1) is 23.7 Å². The Labute approximate surface area is 194 Å². The van der Waals surface area contributed by atoms with Gasteiger partial charge < -0.3 is 15.7 Å². The second-order valence-electron chi connectivity index (χ2n) is 7.94. The van der Waals surface area contributed by atoms with Gasteiger partial charge in [0, 0.05) is 26.2 Å². The molecule has 1 heterocycles. The van der Waals surface area contributed by atoms with Crippen LogP contribution in [0.4, 0.5) is 0 Å². The first-order valence-electron chi connectivity index (χ1n) is 10.4. The molecule has 1 aromatic rings. The summed E-state index contributed by atoms with van der Waals surface area (Å²) in [4.78, 5) is 31.4. The fourth-order valence-corrected chi connectivity index (χ4v) is 4.82. The molecule has 2 amide bonds. The van der Waals surface area contributed by atoms with Gasteiger partial charge in [0.15, 0.2) is 5.96 Å². The Balaban J connectivity index is 0.00000256. The predicted molar refractivity (Wildman–Crippen MR) is 126 cm³/mol. The number of guanidine groups is 1. The van der Waals surface area contributed by atoms with E-state index in [0.29, 0.717) is 32.0 Å². The molecule has 1 saturated heterocycles. The number of imide groups is 1. The topological polar surface area (TPSA) is 94.0 Å². The molecule has 2 bridgehead atoms. The van der Waals surface area contributed by atoms with Gasteiger partial charge in [-0.05, 0) is 49.3 Å². The molecule has 0 aromatic heterocycles. The van der Waals surface area contributed by atoms with Crippen LogP contribution in [0.25, 0.3) is 0 Å². The van der Waals surface area contributed by atoms with Crippen LogP contribution >= 0.6 is 24.0 Å². The first kappa shape index (κ1) is 22.6. The molecule has 3 N–H and O–H groups in total. The second kappa shape index (κ2) is 9.80. The van der Waals surface area contributed by atoms with Gasteiger partial charge in [0.2, 0.25) is 11.8 Å². The number of carbonyl (C=O) groups is 2. The van der Waals surface area contributed by atoms with Gasteiger partial charge in [-0.2, -0.15) is 0 Å². The summed E-state index contributed by atoms with van der Waals surface area (Å²) in [6, 6.07) is 7.16. The van der Waals surface area contributed by atoms with Crippen molar-refractivity contribution in [3.8, 4) is 5.75 Å². The summed E-state index contributed by atoms with van der Waals surface area (Å²) in [5.41, 5.74) is 1.02. The molecule has 1 aromatic carbocycles. The molecule has 0 spiro atoms. The summed E-state index contributed by atoms with van der Waals surface area (Å²) in [7, 11) is 0. The van der Waals surface area contributed by atoms with E-state index in [1.165, 1.54) is 4.90 Å². The third-order valence-electron chi connectivity index (χ3n) is 6.11. The largest absolute Gasteiger partial charge is 0.508 e. The number of aromatic hydroxyl groups is 1. The van der Waals surface area contributed by atoms with E-state index in [9.17, 15) is 14.7 Å². The lowest BCUT2D eigenvalue weighted by Crippen LogP contribution is -2.43. The molecular formula is C22H29IN4O3. The zero-order valence-corrected chi connectivity index (χ0v) is 19.4. The Bertz CT molecular complexity index is 827. The van der Waals surface area contributed by atoms with Gasteiger partial charge in [-0.3, -0.25) is 19.5 Å². The van der Waals surface area contributed by atoms with Crippen molar-refractivity contribution in [2.75, 3.05) is 26.2 Å². The molecule has 2 fully saturated rings. The van der Waals surface area contributed by atoms with Crippen LogP contribution in [0.1, 0.15) is 18.9 Å². The number of hydrogen-bond acceptors (Lipinski definition) is 4. The minimum absolute atomic E-state index is 0. The van der Waals surface area contributed by atoms with E-state index in [-0.39, 0.29) is 65.2 Å². The van der Waals surface area contributed by atoms with Crippen LogP contribution < -0.4 is 10.6 Å². The molecule has 30 heavy (non-hydrogen) atoms. The van der Waals surface area contributed by atoms with Gasteiger partial charge in [-0.1, -0.05) is 24.3 Å². The van der Waals surface area contributed by atoms with E-state index in [2.05, 4.69) is 27.8 Å². The average molecular weight is 524 g/mol. The van der Waals surface area contributed by atoms with Gasteiger partial charge in [0.05, 0.1) is 11.8 Å². The summed E-state index contributed by atoms with van der Waals surface area (Å²) in [6.45, 7) is 4.11. The highest BCUT2D eigenvalue weighted by Crippen LogP contribution is 2.52. The summed E-state index contributed by atoms with van der Waals surface area (Å²) in [6.07, 6.45) is 5.89. The smallest absolute Gasteiger partial charge is 0.233 e. The van der Waals surface area contributed by atoms with Crippen molar-refractivity contribution in [3.05, 3.63) is 42.0 Å². The van der Waals surface area contributed by atoms with Crippen molar-refractivity contribution in [2.24, 2.45) is 28.7 Å². The Hall–Kier alpha value is -2.10. The van der Waals surface area contributed by atoms with Crippen molar-refractivity contribution in [1.82, 2.24) is 15.5 Å². The third-order valence-corrected chi connectivity index (χ3v) is 6.11. The average Bonchev–Trinajstić information content (AvgIpc) is 3.37. The van der Waals surface area contributed by atoms with Crippen molar-refractivity contribution >= 4 is 41.8 Å². The van der Waals surface area contributed by atoms with Gasteiger partial charge in [-0.15, -0.1) is 24.0 Å². The zero-order chi connectivity index (χ0) is 20.4. The standard InChI is InChI=1S/C22H28N4O3.HI/c1-2-23-22(24-9-8-14-4-3-5-17(27)12-14)25-10-11-26-20(28)18-15-6-7-16(13-15)19(18)21(26)29;/h3-7,12,15-16,18-19,27H,2,8-11,13H2,1H3,(H2,23,24,25);1H. The Morgan fingerprint density at radius 1 is 1.17 bits per heavy atom. The number of hydrogen-bond donors (Lipinski definition) is 3. The van der Waals surface area contributed by atoms with E-state index < -0.39 is 0 Å². The van der Waals surface area contributed by atoms with E-state index in [1.807, 2.05) is 19.1 Å². The number of amides is 2. The molecule has 4 unspecified atom stereocenters. The number of nitrogens with zero attached hydrogens (tertiary/aromatic N) is 2. The molecule has 8 heteroatoms. The van der Waals surface area contributed by atoms with Crippen LogP contribution in [0.15, 0.2) is 41.4 Å². The lowest BCUT2D eigenvalue weighted by molar-refractivity contribution is -0.140. The number of benzene rings is 1. The van der Waals surface area contributed by atoms with Crippen LogP contribution in [0.2, 0.25) is 0 Å². The van der Waals surface area contributed by atoms with Gasteiger partial charge >= 0.3 is 0 Å². The number of halogens is 1. The number of fused-ring (bicyclic) bond motifs is 5. The molecule has 1 aliphatic heterocycles. The maximum Gasteiger partial charge on any atom is 0.233 e. The fraction of sp³-hybridized carbons (Fsp3) is 0.500. The van der Waals surface area contributed by atoms with Crippen LogP contribution in [0.5, 0.6) is 5.75 Å². The first-order valence-corrected chi connectivity index (χ1v) is 10.4. The van der Waals surface area contributed by atoms with Crippen molar-refractivity contribution in [1.29, 1.82) is 0 Å². The number of phenols is 1. The molecule has 0 radical (unpaired) electrons. The number of likely N-dealkylation sites (tertiary alicyclic amines) is 1. The molecule has 7 nitrogen and oxygen atoms in total. The Morgan fingerprint density at radius 3 is 2.50 bits per heavy atom. The highest BCUT2D eigenvalue weighted by Gasteiger charge is 2.58. The molecule has 2 aliphatic carbocycles. The van der Waals surface area contributed by atoms with E-state index in [1.54, 1.807) is 12.1 Å². The summed E-state index contributed by atoms with van der Waals surface area (Å²) >= 11 is 0. The number of aliphatic imine (C=N–C) groups is 1. The lowest BCUT2D eigenvalue weighted by atomic mass is 9.85. The SMILES string of the molecule is CCNC(=NCCc1cccc(O)c1)NCCN1C(=O)C2C3C=CC(C3)C2C1=O.I. The molecular weight excluding hydrogens is 495 g/mol. The highest BCUT2D eigenvalue weighted by molar-refractivity contribution is 14.0. The minimum Gasteiger partial charge on any atom is -0.508 e. The Morgan fingerprint density at radius 2 is 1.87 bits per heavy atom. The van der Waals surface area contributed by atoms with Crippen LogP contribution in [-0.2, 0) is 16.0 Å². The summed E-state index contributed by atoms with van der Waals surface area (Å²) < 4.78 is 0. The number of phenolic OH excluding ortho intramolecular Hbond substituents is 1. The van der Waals surface area contributed by atoms with Gasteiger partial charge in [0.1, 0.15) is 5.75 Å². The predicted octanol–water partition coefficient (Wildman–Crippen LogP) is 1.91. The minimum atomic E-state index is -0.137. The number of nitrogens with one attached hydrogen (secondary N) is 2. The normalized spacial score (nSPS) is 26.7. The fourth-order valence-electron chi connectivity index (χ4n) is 4.82. The quantitative estimate of drug-likeness (QED) is 0.167. The van der Waals surface area contributed by atoms with Crippen molar-refractivity contribution in [3.63, 3.8) is 0 Å². The van der Waals surface area contributed by atoms with Crippen LogP contribution in [0.3, 0.4) is 0 Å². The van der Waals surface area contributed by atoms with E-state index in [4.69, 9.17) is 0 Å². The second-order valence-corrected chi connectivity index (χ2v) is 7.94. The molecule has 162 valence electrons. The molecule has 3 aliphatic rings. The molecule has 4 rings (SSSR count). The number of rotatable bonds is 7. The maximum absolute atomic E-state index is 12.7. The lowest BCUT2D eigenvalue weighted by Gasteiger charge is -2.18. The van der Waals surface area contributed by atoms with E-state index in [0.717, 1.165) is 18.5 Å². The number of allylic oxidation sites excluding steroid dienone is 2.